The Morgan fingerprint density at radius 3 is 2.25 bits per heavy atom. The lowest BCUT2D eigenvalue weighted by molar-refractivity contribution is -0.253. The monoisotopic (exact) mass is 436 g/mol. The molecule has 1 aliphatic heterocycles. The maximum absolute atomic E-state index is 9.39. The Kier molecular flexibility index (Phi) is 8.11. The van der Waals surface area contributed by atoms with Gasteiger partial charge in [-0.25, -0.2) is 0 Å². The zero-order valence-electron chi connectivity index (χ0n) is 18.9. The summed E-state index contributed by atoms with van der Waals surface area (Å²) < 4.78 is 13.0. The highest BCUT2D eigenvalue weighted by molar-refractivity contribution is 5.26. The Labute approximate surface area is 191 Å². The molecule has 5 nitrogen and oxygen atoms in total. The van der Waals surface area contributed by atoms with Crippen LogP contribution in [-0.2, 0) is 22.6 Å². The molecule has 1 aliphatic carbocycles. The molecule has 0 unspecified atom stereocenters. The van der Waals surface area contributed by atoms with Crippen molar-refractivity contribution in [2.75, 3.05) is 13.1 Å². The molecule has 172 valence electrons. The van der Waals surface area contributed by atoms with E-state index in [2.05, 4.69) is 35.7 Å². The first kappa shape index (κ1) is 23.1. The first-order chi connectivity index (χ1) is 15.7. The van der Waals surface area contributed by atoms with Gasteiger partial charge in [0.2, 0.25) is 0 Å². The fraction of sp³-hybridized carbons (Fsp3) is 0.481. The van der Waals surface area contributed by atoms with E-state index in [-0.39, 0.29) is 18.8 Å². The van der Waals surface area contributed by atoms with Gasteiger partial charge in [0, 0.05) is 37.7 Å². The zero-order chi connectivity index (χ0) is 22.3. The summed E-state index contributed by atoms with van der Waals surface area (Å²) in [4.78, 5) is 2.54. The van der Waals surface area contributed by atoms with Crippen LogP contribution in [0.4, 0.5) is 0 Å². The van der Waals surface area contributed by atoms with Crippen LogP contribution in [0.25, 0.3) is 0 Å². The van der Waals surface area contributed by atoms with Gasteiger partial charge in [0.05, 0.1) is 18.8 Å². The van der Waals surface area contributed by atoms with Crippen LogP contribution in [-0.4, -0.2) is 35.2 Å². The summed E-state index contributed by atoms with van der Waals surface area (Å²) in [6.07, 6.45) is 7.52. The molecule has 2 aromatic carbocycles. The standard InChI is InChI=1S/C27H36N2O3/c1-2-15-29(24-5-3-4-6-24)18-25-16-26(22-11-9-21(19-30)10-12-22)32-27(31-25)23-13-7-20(17-28)8-14-23/h2,7-14,24-27,30H,1,3-6,15-19,28H2/t25-,26+,27+/m0/s1. The fourth-order valence-corrected chi connectivity index (χ4v) is 4.91. The molecule has 1 saturated heterocycles. The molecule has 0 amide bonds. The second-order valence-corrected chi connectivity index (χ2v) is 8.98. The predicted octanol–water partition coefficient (Wildman–Crippen LogP) is 4.61. The summed E-state index contributed by atoms with van der Waals surface area (Å²) in [6.45, 7) is 6.32. The minimum Gasteiger partial charge on any atom is -0.392 e. The van der Waals surface area contributed by atoms with Crippen molar-refractivity contribution in [2.24, 2.45) is 5.73 Å². The normalized spacial score (nSPS) is 24.2. The van der Waals surface area contributed by atoms with Crippen LogP contribution in [0.5, 0.6) is 0 Å². The molecule has 32 heavy (non-hydrogen) atoms. The van der Waals surface area contributed by atoms with Crippen LogP contribution < -0.4 is 5.73 Å². The number of hydrogen-bond donors (Lipinski definition) is 2. The van der Waals surface area contributed by atoms with E-state index in [0.29, 0.717) is 12.6 Å². The maximum Gasteiger partial charge on any atom is 0.184 e. The van der Waals surface area contributed by atoms with Crippen molar-refractivity contribution in [3.05, 3.63) is 83.4 Å². The first-order valence-corrected chi connectivity index (χ1v) is 11.8. The maximum atomic E-state index is 9.39. The van der Waals surface area contributed by atoms with Crippen molar-refractivity contribution in [1.82, 2.24) is 4.90 Å². The van der Waals surface area contributed by atoms with Gasteiger partial charge < -0.3 is 20.3 Å². The van der Waals surface area contributed by atoms with E-state index in [1.807, 2.05) is 30.3 Å². The molecule has 0 bridgehead atoms. The van der Waals surface area contributed by atoms with Crippen molar-refractivity contribution >= 4 is 0 Å². The lowest BCUT2D eigenvalue weighted by atomic mass is 9.99. The van der Waals surface area contributed by atoms with E-state index >= 15 is 0 Å². The van der Waals surface area contributed by atoms with E-state index in [1.165, 1.54) is 25.7 Å². The van der Waals surface area contributed by atoms with Crippen molar-refractivity contribution in [3.63, 3.8) is 0 Å². The Balaban J connectivity index is 1.55. The van der Waals surface area contributed by atoms with Crippen molar-refractivity contribution in [3.8, 4) is 0 Å². The molecule has 1 saturated carbocycles. The smallest absolute Gasteiger partial charge is 0.184 e. The number of ether oxygens (including phenoxy) is 2. The van der Waals surface area contributed by atoms with Gasteiger partial charge in [0.1, 0.15) is 0 Å². The number of benzene rings is 2. The summed E-state index contributed by atoms with van der Waals surface area (Å²) in [7, 11) is 0. The van der Waals surface area contributed by atoms with Gasteiger partial charge in [0.25, 0.3) is 0 Å². The lowest BCUT2D eigenvalue weighted by Crippen LogP contribution is -2.43. The fourth-order valence-electron chi connectivity index (χ4n) is 4.91. The van der Waals surface area contributed by atoms with Gasteiger partial charge >= 0.3 is 0 Å². The number of aliphatic hydroxyl groups excluding tert-OH is 1. The van der Waals surface area contributed by atoms with E-state index in [1.54, 1.807) is 0 Å². The summed E-state index contributed by atoms with van der Waals surface area (Å²) in [6, 6.07) is 16.9. The van der Waals surface area contributed by atoms with Crippen LogP contribution in [0.3, 0.4) is 0 Å². The summed E-state index contributed by atoms with van der Waals surface area (Å²) in [5.41, 5.74) is 9.91. The van der Waals surface area contributed by atoms with E-state index in [4.69, 9.17) is 15.2 Å². The highest BCUT2D eigenvalue weighted by atomic mass is 16.7. The van der Waals surface area contributed by atoms with E-state index in [0.717, 1.165) is 41.8 Å². The molecule has 0 aromatic heterocycles. The number of nitrogens with zero attached hydrogens (tertiary/aromatic N) is 1. The van der Waals surface area contributed by atoms with Gasteiger partial charge in [-0.3, -0.25) is 4.90 Å². The lowest BCUT2D eigenvalue weighted by Gasteiger charge is -2.39. The average molecular weight is 437 g/mol. The zero-order valence-corrected chi connectivity index (χ0v) is 18.9. The molecule has 0 radical (unpaired) electrons. The topological polar surface area (TPSA) is 68.0 Å². The minimum atomic E-state index is -0.419. The quantitative estimate of drug-likeness (QED) is 0.562. The molecular formula is C27H36N2O3. The van der Waals surface area contributed by atoms with Gasteiger partial charge in [-0.2, -0.15) is 0 Å². The second-order valence-electron chi connectivity index (χ2n) is 8.98. The van der Waals surface area contributed by atoms with Crippen LogP contribution in [0.1, 0.15) is 66.8 Å². The summed E-state index contributed by atoms with van der Waals surface area (Å²) in [5.74, 6) is 0. The highest BCUT2D eigenvalue weighted by Crippen LogP contribution is 2.38. The molecule has 2 fully saturated rings. The number of rotatable bonds is 9. The van der Waals surface area contributed by atoms with Gasteiger partial charge in [-0.1, -0.05) is 67.4 Å². The molecule has 3 N–H and O–H groups in total. The number of aliphatic hydroxyl groups is 1. The molecular weight excluding hydrogens is 400 g/mol. The molecule has 1 heterocycles. The van der Waals surface area contributed by atoms with E-state index in [9.17, 15) is 5.11 Å². The van der Waals surface area contributed by atoms with Crippen molar-refractivity contribution in [1.29, 1.82) is 0 Å². The Morgan fingerprint density at radius 1 is 0.969 bits per heavy atom. The number of nitrogens with two attached hydrogens (primary N) is 1. The molecule has 2 aliphatic rings. The molecule has 4 rings (SSSR count). The molecule has 0 spiro atoms. The third kappa shape index (κ3) is 5.66. The van der Waals surface area contributed by atoms with Crippen LogP contribution >= 0.6 is 0 Å². The Bertz CT molecular complexity index is 791. The average Bonchev–Trinajstić information content (AvgIpc) is 3.39. The molecule has 5 heteroatoms. The SMILES string of the molecule is C=CCN(C[C@@H]1C[C@H](c2ccc(CO)cc2)O[C@H](c2ccc(CN)cc2)O1)C1CCCC1. The van der Waals surface area contributed by atoms with Crippen molar-refractivity contribution < 1.29 is 14.6 Å². The summed E-state index contributed by atoms with van der Waals surface area (Å²) >= 11 is 0. The van der Waals surface area contributed by atoms with Crippen LogP contribution in [0.2, 0.25) is 0 Å². The predicted molar refractivity (Wildman–Crippen MR) is 127 cm³/mol. The largest absolute Gasteiger partial charge is 0.392 e. The third-order valence-electron chi connectivity index (χ3n) is 6.75. The highest BCUT2D eigenvalue weighted by Gasteiger charge is 2.34. The van der Waals surface area contributed by atoms with Crippen molar-refractivity contribution in [2.45, 2.75) is 69.8 Å². The van der Waals surface area contributed by atoms with Crippen LogP contribution in [0, 0.1) is 0 Å². The van der Waals surface area contributed by atoms with Gasteiger partial charge in [-0.05, 0) is 29.5 Å². The molecule has 2 aromatic rings. The van der Waals surface area contributed by atoms with Gasteiger partial charge in [0.15, 0.2) is 6.29 Å². The molecule has 3 atom stereocenters. The number of hydrogen-bond acceptors (Lipinski definition) is 5. The third-order valence-corrected chi connectivity index (χ3v) is 6.75. The minimum absolute atomic E-state index is 0.0472. The summed E-state index contributed by atoms with van der Waals surface area (Å²) in [5, 5.41) is 9.39. The Hall–Kier alpha value is -2.02. The van der Waals surface area contributed by atoms with Gasteiger partial charge in [-0.15, -0.1) is 6.58 Å². The Morgan fingerprint density at radius 2 is 1.62 bits per heavy atom. The second kappa shape index (κ2) is 11.2. The van der Waals surface area contributed by atoms with E-state index < -0.39 is 6.29 Å². The first-order valence-electron chi connectivity index (χ1n) is 11.8. The van der Waals surface area contributed by atoms with Crippen LogP contribution in [0.15, 0.2) is 61.2 Å².